The second kappa shape index (κ2) is 37.5. The lowest BCUT2D eigenvalue weighted by Gasteiger charge is -2.33. The standard InChI is InChI=1S/C36H36BF4N4O12S2.C19H22F2N2O6S.C18H20BF2N2O8S.CH4.CH3/c1-35(58(5,48)49,11-13-44-19-29(40)25(17-31(44)46)23-9-7-21(52-3)15-27(23)38)33-42-56-37(54-33)55-34(43-57-37)36(2,59(6,50)51)12-14-45-20-30(41)26(18-32(45)47)24-10-8-22(53-4)16-28(24)39;1-19(30(4,26)27,18(25)22-29-3)7-8-23-11-16(21)14(10-17(23)24)13-6-5-12(28-2)9-15(13)20;1-18(32(3,27)28,17-22-31-19(25,26)30-17)6-7-23-10-15(21)13(9-16(23)24)12-5-4-11(29-2)8-14(12)20;;/h7-10,15-20H,11-14H2,1-6H3;5-6,9-11H,7-8H2,1-4H3,(H,22,25);4-5,8-10,25-26H,6-7H2,1-3H3;1H4;1H3/q-1;;-1;;+1. The molecule has 4 aromatic heterocycles. The summed E-state index contributed by atoms with van der Waals surface area (Å²) in [5.74, 6) is -9.06. The molecular formula is C75H85B2F8N8O26S4-. The third-order valence-electron chi connectivity index (χ3n) is 20.4. The van der Waals surface area contributed by atoms with Crippen molar-refractivity contribution in [1.29, 1.82) is 0 Å². The van der Waals surface area contributed by atoms with Crippen LogP contribution in [0.15, 0.2) is 156 Å². The molecular weight excluding hydrogens is 1730 g/mol. The molecule has 48 heteroatoms. The molecule has 4 unspecified atom stereocenters. The minimum absolute atomic E-state index is 0. The normalized spacial score (nSPS) is 16.6. The molecule has 11 rings (SSSR count). The molecule has 0 saturated heterocycles. The predicted molar refractivity (Wildman–Crippen MR) is 435 cm³/mol. The van der Waals surface area contributed by atoms with Gasteiger partial charge in [-0.3, -0.25) is 28.8 Å². The zero-order valence-corrected chi connectivity index (χ0v) is 70.6. The van der Waals surface area contributed by atoms with Gasteiger partial charge in [0, 0.05) is 176 Å². The molecule has 3 aliphatic heterocycles. The van der Waals surface area contributed by atoms with Crippen molar-refractivity contribution in [2.75, 3.05) is 60.6 Å². The van der Waals surface area contributed by atoms with Crippen LogP contribution in [0, 0.1) is 54.0 Å². The quantitative estimate of drug-likeness (QED) is 0.0175. The summed E-state index contributed by atoms with van der Waals surface area (Å²) in [5.41, 5.74) is -2.95. The van der Waals surface area contributed by atoms with E-state index in [0.717, 1.165) is 124 Å². The van der Waals surface area contributed by atoms with E-state index < -0.39 is 191 Å². The van der Waals surface area contributed by atoms with Crippen LogP contribution in [-0.2, 0) is 103 Å². The zero-order valence-electron chi connectivity index (χ0n) is 67.3. The average Bonchev–Trinajstić information content (AvgIpc) is 1.39. The molecule has 0 radical (unpaired) electrons. The van der Waals surface area contributed by atoms with E-state index in [-0.39, 0.29) is 108 Å². The van der Waals surface area contributed by atoms with Crippen molar-refractivity contribution in [1.82, 2.24) is 23.7 Å². The second-order valence-corrected chi connectivity index (χ2v) is 38.1. The number of nitrogens with zero attached hydrogens (tertiary/aromatic N) is 7. The molecule has 7 heterocycles. The Balaban J connectivity index is 0.000000275. The molecule has 3 N–H and O–H groups in total. The molecule has 4 aromatic carbocycles. The number of hydrogen-bond acceptors (Lipinski definition) is 29. The lowest BCUT2D eigenvalue weighted by molar-refractivity contribution is -0.133. The van der Waals surface area contributed by atoms with Gasteiger partial charge in [0.05, 0.1) is 35.5 Å². The summed E-state index contributed by atoms with van der Waals surface area (Å²) >= 11 is 0. The first-order valence-electron chi connectivity index (χ1n) is 35.4. The molecule has 668 valence electrons. The maximum absolute atomic E-state index is 15.3. The smallest absolute Gasteiger partial charge is 0.620 e. The Bertz CT molecular complexity index is 6060. The first kappa shape index (κ1) is 98.4. The molecule has 1 spiro atoms. The van der Waals surface area contributed by atoms with Gasteiger partial charge >= 0.3 is 13.9 Å². The van der Waals surface area contributed by atoms with Crippen molar-refractivity contribution in [3.63, 3.8) is 0 Å². The number of amides is 1. The summed E-state index contributed by atoms with van der Waals surface area (Å²) in [6.45, 7) is -4.15. The summed E-state index contributed by atoms with van der Waals surface area (Å²) in [5, 5.41) is 29.5. The first-order valence-corrected chi connectivity index (χ1v) is 43.0. The Morgan fingerprint density at radius 3 is 0.870 bits per heavy atom. The highest BCUT2D eigenvalue weighted by molar-refractivity contribution is 7.93. The number of hydroxylamine groups is 1. The van der Waals surface area contributed by atoms with E-state index in [1.54, 1.807) is 0 Å². The minimum atomic E-state index is -4.22. The maximum Gasteiger partial charge on any atom is 0.819 e. The zero-order chi connectivity index (χ0) is 89.9. The molecule has 0 bridgehead atoms. The first-order chi connectivity index (χ1) is 56.3. The van der Waals surface area contributed by atoms with Crippen LogP contribution in [0.1, 0.15) is 60.8 Å². The number of rotatable bonds is 29. The molecule has 0 aliphatic carbocycles. The number of hydrogen-bond donors (Lipinski definition) is 3. The third kappa shape index (κ3) is 21.0. The lowest BCUT2D eigenvalue weighted by Crippen LogP contribution is -2.52. The van der Waals surface area contributed by atoms with E-state index in [1.807, 2.05) is 5.48 Å². The highest BCUT2D eigenvalue weighted by atomic mass is 32.2. The number of carbonyl (C=O) groups excluding carboxylic acids is 1. The van der Waals surface area contributed by atoms with E-state index in [1.165, 1.54) is 105 Å². The molecule has 123 heavy (non-hydrogen) atoms. The lowest BCUT2D eigenvalue weighted by atomic mass is 10.0. The fraction of sp³-hybridized carbons (Fsp3) is 0.347. The van der Waals surface area contributed by atoms with Gasteiger partial charge in [-0.2, -0.15) is 0 Å². The van der Waals surface area contributed by atoms with Crippen molar-refractivity contribution < 1.29 is 136 Å². The Hall–Kier alpha value is -11.7. The molecule has 0 fully saturated rings. The highest BCUT2D eigenvalue weighted by Gasteiger charge is 2.61. The van der Waals surface area contributed by atoms with Gasteiger partial charge in [-0.25, -0.2) is 74.3 Å². The number of carbonyl (C=O) groups is 1. The van der Waals surface area contributed by atoms with Crippen molar-refractivity contribution in [2.24, 2.45) is 15.5 Å². The SMILES string of the molecule is C.CONC(=O)C(C)(CCn1cc(F)c(-c2ccc(OC)cc2F)cc1=O)S(C)(=O)=O.COc1ccc(-c2cc(=O)n(CCC(C)(C3=NO[B-](O)(O)O3)S(C)(=O)=O)cc2F)c(F)c1.COc1ccc(-c2cc(=O)n(CCC(C)(C3=NO[B-]4(ON=C(C(C)(CCn5cc(F)c(-c6ccc(OC)cc6F)cc5=O)S(C)(=O)=O)O4)O3)S(C)(=O)=O)cc2F)c(F)c1.[CH3+]. The number of halogens is 8. The van der Waals surface area contributed by atoms with Crippen molar-refractivity contribution in [3.8, 4) is 67.5 Å². The van der Waals surface area contributed by atoms with Crippen molar-refractivity contribution in [2.45, 2.75) is 106 Å². The average molecular weight is 1820 g/mol. The van der Waals surface area contributed by atoms with Gasteiger partial charge in [-0.15, -0.1) is 0 Å². The second-order valence-electron chi connectivity index (χ2n) is 28.4. The Labute approximate surface area is 699 Å². The van der Waals surface area contributed by atoms with Crippen LogP contribution in [-0.4, -0.2) is 179 Å². The Morgan fingerprint density at radius 1 is 0.398 bits per heavy atom. The van der Waals surface area contributed by atoms with E-state index in [4.69, 9.17) is 42.4 Å². The van der Waals surface area contributed by atoms with Crippen molar-refractivity contribution in [3.05, 3.63) is 217 Å². The molecule has 1 amide bonds. The van der Waals surface area contributed by atoms with Crippen LogP contribution in [0.2, 0.25) is 0 Å². The van der Waals surface area contributed by atoms with E-state index in [9.17, 15) is 94.0 Å². The van der Waals surface area contributed by atoms with Crippen molar-refractivity contribution >= 4 is 76.9 Å². The van der Waals surface area contributed by atoms with Gasteiger partial charge in [0.25, 0.3) is 28.1 Å². The highest BCUT2D eigenvalue weighted by Crippen LogP contribution is 2.40. The minimum Gasteiger partial charge on any atom is -0.620 e. The summed E-state index contributed by atoms with van der Waals surface area (Å²) in [4.78, 5) is 67.7. The summed E-state index contributed by atoms with van der Waals surface area (Å²) in [7, 11) is -9.83. The van der Waals surface area contributed by atoms with Crippen LogP contribution in [0.5, 0.6) is 23.0 Å². The van der Waals surface area contributed by atoms with E-state index in [0.29, 0.717) is 0 Å². The predicted octanol–water partition coefficient (Wildman–Crippen LogP) is 7.70. The number of aromatic nitrogens is 4. The number of oxime groups is 3. The number of methoxy groups -OCH3 is 4. The van der Waals surface area contributed by atoms with Crippen LogP contribution in [0.3, 0.4) is 0 Å². The molecule has 34 nitrogen and oxygen atoms in total. The Morgan fingerprint density at radius 2 is 0.650 bits per heavy atom. The molecule has 3 aliphatic rings. The van der Waals surface area contributed by atoms with Crippen LogP contribution >= 0.6 is 0 Å². The molecule has 4 atom stereocenters. The van der Waals surface area contributed by atoms with Crippen LogP contribution < -0.4 is 46.7 Å². The number of nitrogens with one attached hydrogen (secondary N) is 1. The summed E-state index contributed by atoms with van der Waals surface area (Å²) in [6.07, 6.45) is 5.03. The van der Waals surface area contributed by atoms with Gasteiger partial charge in [-0.05, 0) is 102 Å². The maximum atomic E-state index is 15.3. The van der Waals surface area contributed by atoms with Gasteiger partial charge in [0.1, 0.15) is 83.8 Å². The molecule has 8 aromatic rings. The van der Waals surface area contributed by atoms with Crippen LogP contribution in [0.25, 0.3) is 44.5 Å². The molecule has 0 saturated carbocycles. The van der Waals surface area contributed by atoms with Gasteiger partial charge in [0.15, 0.2) is 50.0 Å². The van der Waals surface area contributed by atoms with Gasteiger partial charge in [-0.1, -0.05) is 22.9 Å². The van der Waals surface area contributed by atoms with Gasteiger partial charge in [0.2, 0.25) is 11.8 Å². The Kier molecular flexibility index (Phi) is 30.0. The number of benzene rings is 4. The van der Waals surface area contributed by atoms with E-state index >= 15 is 8.78 Å². The number of pyridine rings is 4. The number of sulfone groups is 4. The number of ether oxygens (including phenoxy) is 4. The van der Waals surface area contributed by atoms with Crippen LogP contribution in [0.4, 0.5) is 35.1 Å². The topological polar surface area (TPSA) is 433 Å². The summed E-state index contributed by atoms with van der Waals surface area (Å²) < 4.78 is 266. The monoisotopic (exact) mass is 1820 g/mol. The third-order valence-corrected chi connectivity index (χ3v) is 28.5. The summed E-state index contributed by atoms with van der Waals surface area (Å²) in [6, 6.07) is 18.3. The van der Waals surface area contributed by atoms with E-state index in [2.05, 4.69) is 25.1 Å². The largest absolute Gasteiger partial charge is 0.819 e. The fourth-order valence-corrected chi connectivity index (χ4v) is 15.5. The fourth-order valence-electron chi connectivity index (χ4n) is 12.1. The number of aryl methyl sites for hydroxylation is 4. The van der Waals surface area contributed by atoms with Gasteiger partial charge < -0.3 is 75.5 Å².